The SMILES string of the molecule is CC(CN1CCCC1=O)NS(=O)(=O)c1ccc(CBr)cc1. The molecular formula is C14H19BrN2O3S. The second-order valence-corrected chi connectivity index (χ2v) is 7.52. The molecule has 1 fully saturated rings. The number of hydrogen-bond donors (Lipinski definition) is 1. The van der Waals surface area contributed by atoms with Gasteiger partial charge in [0.15, 0.2) is 0 Å². The van der Waals surface area contributed by atoms with Crippen LogP contribution in [-0.4, -0.2) is 38.4 Å². The number of alkyl halides is 1. The highest BCUT2D eigenvalue weighted by molar-refractivity contribution is 9.08. The zero-order chi connectivity index (χ0) is 15.5. The van der Waals surface area contributed by atoms with Crippen LogP contribution in [0.1, 0.15) is 25.3 Å². The molecule has 7 heteroatoms. The molecule has 1 amide bonds. The molecule has 1 aliphatic rings. The van der Waals surface area contributed by atoms with Gasteiger partial charge in [-0.05, 0) is 31.0 Å². The number of likely N-dealkylation sites (tertiary alicyclic amines) is 1. The maximum absolute atomic E-state index is 12.3. The van der Waals surface area contributed by atoms with Crippen molar-refractivity contribution in [3.8, 4) is 0 Å². The molecule has 0 aromatic heterocycles. The van der Waals surface area contributed by atoms with E-state index < -0.39 is 10.0 Å². The van der Waals surface area contributed by atoms with Gasteiger partial charge in [0.1, 0.15) is 0 Å². The molecule has 1 aliphatic heterocycles. The highest BCUT2D eigenvalue weighted by atomic mass is 79.9. The number of carbonyl (C=O) groups excluding carboxylic acids is 1. The minimum atomic E-state index is -3.55. The van der Waals surface area contributed by atoms with Crippen LogP contribution in [0.2, 0.25) is 0 Å². The molecule has 1 aromatic rings. The van der Waals surface area contributed by atoms with E-state index in [1.165, 1.54) is 0 Å². The summed E-state index contributed by atoms with van der Waals surface area (Å²) in [5.74, 6) is 0.0997. The number of hydrogen-bond acceptors (Lipinski definition) is 3. The molecule has 1 atom stereocenters. The molecule has 21 heavy (non-hydrogen) atoms. The zero-order valence-corrected chi connectivity index (χ0v) is 14.3. The molecule has 2 rings (SSSR count). The van der Waals surface area contributed by atoms with Crippen LogP contribution in [0.5, 0.6) is 0 Å². The fourth-order valence-electron chi connectivity index (χ4n) is 2.36. The van der Waals surface area contributed by atoms with Gasteiger partial charge in [-0.3, -0.25) is 4.79 Å². The molecule has 0 saturated carbocycles. The smallest absolute Gasteiger partial charge is 0.240 e. The monoisotopic (exact) mass is 374 g/mol. The van der Waals surface area contributed by atoms with Crippen LogP contribution in [0.25, 0.3) is 0 Å². The average molecular weight is 375 g/mol. The number of benzene rings is 1. The summed E-state index contributed by atoms with van der Waals surface area (Å²) in [6.45, 7) is 2.90. The molecular weight excluding hydrogens is 356 g/mol. The lowest BCUT2D eigenvalue weighted by molar-refractivity contribution is -0.127. The van der Waals surface area contributed by atoms with Gasteiger partial charge in [-0.25, -0.2) is 13.1 Å². The molecule has 1 unspecified atom stereocenters. The van der Waals surface area contributed by atoms with Crippen molar-refractivity contribution in [2.75, 3.05) is 13.1 Å². The van der Waals surface area contributed by atoms with Gasteiger partial charge in [-0.2, -0.15) is 0 Å². The number of nitrogens with one attached hydrogen (secondary N) is 1. The first-order valence-corrected chi connectivity index (χ1v) is 9.48. The van der Waals surface area contributed by atoms with Crippen molar-refractivity contribution >= 4 is 31.9 Å². The maximum atomic E-state index is 12.3. The predicted molar refractivity (Wildman–Crippen MR) is 84.7 cm³/mol. The van der Waals surface area contributed by atoms with E-state index >= 15 is 0 Å². The predicted octanol–water partition coefficient (Wildman–Crippen LogP) is 1.87. The Morgan fingerprint density at radius 1 is 1.33 bits per heavy atom. The van der Waals surface area contributed by atoms with E-state index in [0.717, 1.165) is 12.0 Å². The van der Waals surface area contributed by atoms with Crippen molar-refractivity contribution in [3.63, 3.8) is 0 Å². The third kappa shape index (κ3) is 4.28. The van der Waals surface area contributed by atoms with Gasteiger partial charge in [0.25, 0.3) is 0 Å². The van der Waals surface area contributed by atoms with E-state index in [2.05, 4.69) is 20.7 Å². The van der Waals surface area contributed by atoms with Crippen LogP contribution in [0.4, 0.5) is 0 Å². The van der Waals surface area contributed by atoms with E-state index in [-0.39, 0.29) is 16.8 Å². The lowest BCUT2D eigenvalue weighted by Crippen LogP contribution is -2.42. The summed E-state index contributed by atoms with van der Waals surface area (Å²) in [7, 11) is -3.55. The quantitative estimate of drug-likeness (QED) is 0.772. The van der Waals surface area contributed by atoms with Gasteiger partial charge in [0.05, 0.1) is 4.90 Å². The van der Waals surface area contributed by atoms with Crippen LogP contribution in [0.15, 0.2) is 29.2 Å². The Morgan fingerprint density at radius 3 is 2.52 bits per heavy atom. The van der Waals surface area contributed by atoms with E-state index in [1.54, 1.807) is 36.1 Å². The number of amides is 1. The molecule has 5 nitrogen and oxygen atoms in total. The Kier molecular flexibility index (Phi) is 5.40. The Bertz CT molecular complexity index is 601. The van der Waals surface area contributed by atoms with Crippen molar-refractivity contribution in [3.05, 3.63) is 29.8 Å². The zero-order valence-electron chi connectivity index (χ0n) is 11.9. The summed E-state index contributed by atoms with van der Waals surface area (Å²) in [6.07, 6.45) is 1.42. The first kappa shape index (κ1) is 16.5. The summed E-state index contributed by atoms with van der Waals surface area (Å²) in [5, 5.41) is 0.689. The maximum Gasteiger partial charge on any atom is 0.240 e. The third-order valence-electron chi connectivity index (χ3n) is 3.41. The van der Waals surface area contributed by atoms with Crippen molar-refractivity contribution in [1.29, 1.82) is 0 Å². The number of sulfonamides is 1. The number of nitrogens with zero attached hydrogens (tertiary/aromatic N) is 1. The summed E-state index contributed by atoms with van der Waals surface area (Å²) in [6, 6.07) is 6.42. The average Bonchev–Trinajstić information content (AvgIpc) is 2.83. The van der Waals surface area contributed by atoms with Crippen LogP contribution < -0.4 is 4.72 Å². The van der Waals surface area contributed by atoms with E-state index in [1.807, 2.05) is 0 Å². The Labute approximate surface area is 133 Å². The van der Waals surface area contributed by atoms with E-state index in [4.69, 9.17) is 0 Å². The minimum absolute atomic E-state index is 0.0997. The molecule has 0 aliphatic carbocycles. The molecule has 116 valence electrons. The lowest BCUT2D eigenvalue weighted by Gasteiger charge is -2.21. The molecule has 0 bridgehead atoms. The third-order valence-corrected chi connectivity index (χ3v) is 5.66. The lowest BCUT2D eigenvalue weighted by atomic mass is 10.2. The second kappa shape index (κ2) is 6.89. The Hall–Kier alpha value is -0.920. The first-order valence-electron chi connectivity index (χ1n) is 6.87. The normalized spacial score (nSPS) is 17.2. The molecule has 1 N–H and O–H groups in total. The first-order chi connectivity index (χ1) is 9.92. The molecule has 0 spiro atoms. The Balaban J connectivity index is 2.00. The fourth-order valence-corrected chi connectivity index (χ4v) is 3.96. The summed E-state index contributed by atoms with van der Waals surface area (Å²) in [5.41, 5.74) is 1.02. The molecule has 1 saturated heterocycles. The number of halogens is 1. The van der Waals surface area contributed by atoms with Crippen LogP contribution in [0, 0.1) is 0 Å². The highest BCUT2D eigenvalue weighted by Crippen LogP contribution is 2.14. The van der Waals surface area contributed by atoms with Gasteiger partial charge < -0.3 is 4.90 Å². The van der Waals surface area contributed by atoms with Gasteiger partial charge in [-0.1, -0.05) is 28.1 Å². The van der Waals surface area contributed by atoms with Gasteiger partial charge in [0.2, 0.25) is 15.9 Å². The fraction of sp³-hybridized carbons (Fsp3) is 0.500. The summed E-state index contributed by atoms with van der Waals surface area (Å²) in [4.78, 5) is 13.5. The van der Waals surface area contributed by atoms with Crippen molar-refractivity contribution < 1.29 is 13.2 Å². The van der Waals surface area contributed by atoms with Gasteiger partial charge in [-0.15, -0.1) is 0 Å². The van der Waals surface area contributed by atoms with E-state index in [9.17, 15) is 13.2 Å². The van der Waals surface area contributed by atoms with Crippen molar-refractivity contribution in [2.24, 2.45) is 0 Å². The largest absolute Gasteiger partial charge is 0.341 e. The van der Waals surface area contributed by atoms with Crippen molar-refractivity contribution in [1.82, 2.24) is 9.62 Å². The van der Waals surface area contributed by atoms with Crippen LogP contribution in [-0.2, 0) is 20.1 Å². The standard InChI is InChI=1S/C14H19BrN2O3S/c1-11(10-17-8-2-3-14(17)18)16-21(19,20)13-6-4-12(9-15)5-7-13/h4-7,11,16H,2-3,8-10H2,1H3. The van der Waals surface area contributed by atoms with Crippen molar-refractivity contribution in [2.45, 2.75) is 36.0 Å². The highest BCUT2D eigenvalue weighted by Gasteiger charge is 2.24. The molecule has 1 heterocycles. The second-order valence-electron chi connectivity index (χ2n) is 5.24. The number of rotatable bonds is 6. The molecule has 1 aromatic carbocycles. The number of carbonyl (C=O) groups is 1. The van der Waals surface area contributed by atoms with Crippen LogP contribution in [0.3, 0.4) is 0 Å². The van der Waals surface area contributed by atoms with Gasteiger partial charge in [0, 0.05) is 30.9 Å². The summed E-state index contributed by atoms with van der Waals surface area (Å²) < 4.78 is 27.2. The summed E-state index contributed by atoms with van der Waals surface area (Å²) >= 11 is 3.32. The Morgan fingerprint density at radius 2 is 2.00 bits per heavy atom. The van der Waals surface area contributed by atoms with Crippen LogP contribution >= 0.6 is 15.9 Å². The molecule has 0 radical (unpaired) electrons. The topological polar surface area (TPSA) is 66.5 Å². The minimum Gasteiger partial charge on any atom is -0.341 e. The van der Waals surface area contributed by atoms with E-state index in [0.29, 0.717) is 24.8 Å². The van der Waals surface area contributed by atoms with Gasteiger partial charge >= 0.3 is 0 Å².